The van der Waals surface area contributed by atoms with Gasteiger partial charge in [0.15, 0.2) is 0 Å². The standard InChI is InChI=1S/C35H45N5O7S/c1-24-21-40(25(2)23-41)35(44)28-20-26(37-33(42)16-8-5-9-17-34(43)38-30-15-11-10-14-29(30)36)18-19-31(28)47-32(24)22-39(3)48(45,46)27-12-6-4-7-13-27/h4,6-7,10-15,18-20,24-25,32,41H,5,8-9,16-17,21-23,36H2,1-3H3,(H,37,42)(H,38,43)/t24-,25+,32+/m1/s1. The van der Waals surface area contributed by atoms with Crippen molar-refractivity contribution < 1.29 is 32.6 Å². The van der Waals surface area contributed by atoms with Gasteiger partial charge in [-0.25, -0.2) is 8.42 Å². The summed E-state index contributed by atoms with van der Waals surface area (Å²) in [6.07, 6.45) is 1.76. The SMILES string of the molecule is C[C@@H]1CN([C@@H](C)CO)C(=O)c2cc(NC(=O)CCCCCC(=O)Nc3ccccc3N)ccc2O[C@H]1CN(C)S(=O)(=O)c1ccccc1. The summed E-state index contributed by atoms with van der Waals surface area (Å²) < 4.78 is 34.1. The van der Waals surface area contributed by atoms with Crippen LogP contribution in [0.4, 0.5) is 17.1 Å². The summed E-state index contributed by atoms with van der Waals surface area (Å²) in [5, 5.41) is 15.6. The third kappa shape index (κ3) is 9.33. The van der Waals surface area contributed by atoms with Crippen LogP contribution in [-0.4, -0.2) is 79.3 Å². The molecule has 0 aromatic heterocycles. The highest BCUT2D eigenvalue weighted by molar-refractivity contribution is 7.89. The third-order valence-electron chi connectivity index (χ3n) is 8.38. The number of aliphatic hydroxyl groups is 1. The summed E-state index contributed by atoms with van der Waals surface area (Å²) >= 11 is 0. The van der Waals surface area contributed by atoms with Gasteiger partial charge >= 0.3 is 0 Å². The van der Waals surface area contributed by atoms with E-state index in [4.69, 9.17) is 10.5 Å². The number of benzene rings is 3. The smallest absolute Gasteiger partial charge is 0.258 e. The van der Waals surface area contributed by atoms with Gasteiger partial charge in [-0.15, -0.1) is 0 Å². The maximum absolute atomic E-state index is 13.8. The topological polar surface area (TPSA) is 171 Å². The first kappa shape index (κ1) is 36.4. The Morgan fingerprint density at radius 1 is 1.00 bits per heavy atom. The van der Waals surface area contributed by atoms with Crippen molar-refractivity contribution >= 4 is 44.8 Å². The lowest BCUT2D eigenvalue weighted by Gasteiger charge is -2.38. The fourth-order valence-electron chi connectivity index (χ4n) is 5.44. The molecule has 1 aliphatic heterocycles. The highest BCUT2D eigenvalue weighted by Crippen LogP contribution is 2.31. The Balaban J connectivity index is 1.40. The zero-order valence-corrected chi connectivity index (χ0v) is 28.4. The maximum Gasteiger partial charge on any atom is 0.258 e. The van der Waals surface area contributed by atoms with Crippen LogP contribution in [0.15, 0.2) is 77.7 Å². The largest absolute Gasteiger partial charge is 0.488 e. The van der Waals surface area contributed by atoms with Gasteiger partial charge in [0.05, 0.1) is 41.0 Å². The highest BCUT2D eigenvalue weighted by Gasteiger charge is 2.35. The molecule has 3 atom stereocenters. The van der Waals surface area contributed by atoms with E-state index in [1.807, 2.05) is 6.92 Å². The zero-order chi connectivity index (χ0) is 34.8. The van der Waals surface area contributed by atoms with E-state index in [-0.39, 0.29) is 66.0 Å². The summed E-state index contributed by atoms with van der Waals surface area (Å²) in [5.41, 5.74) is 7.54. The molecule has 1 heterocycles. The van der Waals surface area contributed by atoms with Gasteiger partial charge in [0.1, 0.15) is 11.9 Å². The van der Waals surface area contributed by atoms with Gasteiger partial charge in [-0.2, -0.15) is 4.31 Å². The van der Waals surface area contributed by atoms with Gasteiger partial charge in [-0.3, -0.25) is 14.4 Å². The van der Waals surface area contributed by atoms with E-state index in [9.17, 15) is 27.9 Å². The molecule has 0 radical (unpaired) electrons. The first-order valence-electron chi connectivity index (χ1n) is 16.1. The minimum Gasteiger partial charge on any atom is -0.488 e. The molecule has 48 heavy (non-hydrogen) atoms. The molecule has 12 nitrogen and oxygen atoms in total. The van der Waals surface area contributed by atoms with Gasteiger partial charge in [0.2, 0.25) is 21.8 Å². The highest BCUT2D eigenvalue weighted by atomic mass is 32.2. The average molecular weight is 680 g/mol. The van der Waals surface area contributed by atoms with E-state index >= 15 is 0 Å². The Labute approximate surface area is 282 Å². The molecule has 3 aromatic carbocycles. The number of unbranched alkanes of at least 4 members (excludes halogenated alkanes) is 2. The van der Waals surface area contributed by atoms with Gasteiger partial charge in [0, 0.05) is 38.0 Å². The van der Waals surface area contributed by atoms with Crippen molar-refractivity contribution in [3.05, 3.63) is 78.4 Å². The number of nitrogens with zero attached hydrogens (tertiary/aromatic N) is 2. The van der Waals surface area contributed by atoms with E-state index in [1.54, 1.807) is 72.5 Å². The second-order valence-electron chi connectivity index (χ2n) is 12.2. The van der Waals surface area contributed by atoms with E-state index in [2.05, 4.69) is 10.6 Å². The summed E-state index contributed by atoms with van der Waals surface area (Å²) in [6.45, 7) is 3.59. The number of hydrogen-bond acceptors (Lipinski definition) is 8. The van der Waals surface area contributed by atoms with Crippen LogP contribution >= 0.6 is 0 Å². The zero-order valence-electron chi connectivity index (χ0n) is 27.6. The minimum atomic E-state index is -3.80. The van der Waals surface area contributed by atoms with Crippen molar-refractivity contribution in [2.45, 2.75) is 63.0 Å². The molecule has 0 fully saturated rings. The summed E-state index contributed by atoms with van der Waals surface area (Å²) in [6, 6.07) is 19.4. The molecule has 0 saturated carbocycles. The Bertz CT molecular complexity index is 1690. The second kappa shape index (κ2) is 16.6. The molecule has 0 saturated heterocycles. The van der Waals surface area contributed by atoms with E-state index in [0.29, 0.717) is 42.7 Å². The fourth-order valence-corrected chi connectivity index (χ4v) is 6.64. The maximum atomic E-state index is 13.8. The predicted octanol–water partition coefficient (Wildman–Crippen LogP) is 4.34. The molecule has 4 rings (SSSR count). The molecule has 1 aliphatic rings. The van der Waals surface area contributed by atoms with E-state index in [1.165, 1.54) is 23.5 Å². The number of hydrogen-bond donors (Lipinski definition) is 4. The van der Waals surface area contributed by atoms with Crippen molar-refractivity contribution in [3.8, 4) is 5.75 Å². The van der Waals surface area contributed by atoms with E-state index < -0.39 is 22.2 Å². The Kier molecular flexibility index (Phi) is 12.6. The molecule has 0 unspecified atom stereocenters. The van der Waals surface area contributed by atoms with Crippen LogP contribution in [0.3, 0.4) is 0 Å². The lowest BCUT2D eigenvalue weighted by molar-refractivity contribution is -0.116. The number of carbonyl (C=O) groups excluding carboxylic acids is 3. The number of ether oxygens (including phenoxy) is 1. The van der Waals surface area contributed by atoms with Crippen LogP contribution in [0.1, 0.15) is 56.3 Å². The second-order valence-corrected chi connectivity index (χ2v) is 14.2. The number of fused-ring (bicyclic) bond motifs is 1. The summed E-state index contributed by atoms with van der Waals surface area (Å²) in [4.78, 5) is 40.5. The predicted molar refractivity (Wildman–Crippen MR) is 185 cm³/mol. The molecular weight excluding hydrogens is 634 g/mol. The van der Waals surface area contributed by atoms with Crippen LogP contribution in [-0.2, 0) is 19.6 Å². The molecule has 0 bridgehead atoms. The molecule has 0 spiro atoms. The van der Waals surface area contributed by atoms with Gasteiger partial charge in [-0.1, -0.05) is 43.7 Å². The summed E-state index contributed by atoms with van der Waals surface area (Å²) in [7, 11) is -2.30. The number of nitrogen functional groups attached to an aromatic ring is 1. The number of para-hydroxylation sites is 2. The van der Waals surface area contributed by atoms with Crippen LogP contribution in [0.2, 0.25) is 0 Å². The number of sulfonamides is 1. The van der Waals surface area contributed by atoms with Gasteiger partial charge in [-0.05, 0) is 62.2 Å². The molecule has 3 aromatic rings. The Morgan fingerprint density at radius 2 is 1.65 bits per heavy atom. The average Bonchev–Trinajstić information content (AvgIpc) is 3.07. The Hall–Kier alpha value is -4.46. The minimum absolute atomic E-state index is 0.0217. The van der Waals surface area contributed by atoms with Crippen LogP contribution in [0.5, 0.6) is 5.75 Å². The van der Waals surface area contributed by atoms with Crippen molar-refractivity contribution in [1.82, 2.24) is 9.21 Å². The van der Waals surface area contributed by atoms with Crippen LogP contribution in [0, 0.1) is 5.92 Å². The first-order valence-corrected chi connectivity index (χ1v) is 17.5. The summed E-state index contributed by atoms with van der Waals surface area (Å²) in [5.74, 6) is -0.780. The lowest BCUT2D eigenvalue weighted by atomic mass is 9.99. The van der Waals surface area contributed by atoms with Crippen molar-refractivity contribution in [3.63, 3.8) is 0 Å². The fraction of sp³-hybridized carbons (Fsp3) is 0.400. The quantitative estimate of drug-likeness (QED) is 0.144. The number of nitrogens with two attached hydrogens (primary N) is 1. The monoisotopic (exact) mass is 679 g/mol. The Morgan fingerprint density at radius 3 is 2.31 bits per heavy atom. The molecule has 0 aliphatic carbocycles. The number of rotatable bonds is 14. The number of amides is 3. The van der Waals surface area contributed by atoms with Crippen molar-refractivity contribution in [2.75, 3.05) is 43.1 Å². The molecule has 5 N–H and O–H groups in total. The van der Waals surface area contributed by atoms with Gasteiger partial charge in [0.25, 0.3) is 5.91 Å². The first-order chi connectivity index (χ1) is 22.9. The number of likely N-dealkylation sites (N-methyl/N-ethyl adjacent to an activating group) is 1. The molecule has 258 valence electrons. The van der Waals surface area contributed by atoms with Crippen LogP contribution < -0.4 is 21.1 Å². The normalized spacial score (nSPS) is 17.1. The lowest BCUT2D eigenvalue weighted by Crippen LogP contribution is -2.50. The van der Waals surface area contributed by atoms with E-state index in [0.717, 1.165) is 0 Å². The molecule has 13 heteroatoms. The molecular formula is C35H45N5O7S. The van der Waals surface area contributed by atoms with Crippen molar-refractivity contribution in [1.29, 1.82) is 0 Å². The number of aliphatic hydroxyl groups excluding tert-OH is 1. The third-order valence-corrected chi connectivity index (χ3v) is 10.2. The number of carbonyl (C=O) groups is 3. The molecule has 3 amide bonds. The number of anilines is 3. The van der Waals surface area contributed by atoms with Crippen molar-refractivity contribution in [2.24, 2.45) is 5.92 Å². The van der Waals surface area contributed by atoms with Crippen LogP contribution in [0.25, 0.3) is 0 Å². The number of nitrogens with one attached hydrogen (secondary N) is 2. The van der Waals surface area contributed by atoms with Gasteiger partial charge < -0.3 is 31.1 Å².